The number of hydrogen-bond acceptors (Lipinski definition) is 6. The Bertz CT molecular complexity index is 700. The zero-order valence-corrected chi connectivity index (χ0v) is 12.6. The standard InChI is InChI=1S/C14H16N4O5/c1-3-23-13(19)11-8(2)17(15)14(20)16-12(11)9-5-4-6-10(7-9)18(21)22/h4-7,12H,3,15H2,1-2H3,(H,16,20). The van der Waals surface area contributed by atoms with Crippen molar-refractivity contribution in [2.75, 3.05) is 6.61 Å². The van der Waals surface area contributed by atoms with Crippen LogP contribution < -0.4 is 11.2 Å². The van der Waals surface area contributed by atoms with E-state index >= 15 is 0 Å². The highest BCUT2D eigenvalue weighted by atomic mass is 16.6. The summed E-state index contributed by atoms with van der Waals surface area (Å²) in [4.78, 5) is 34.5. The van der Waals surface area contributed by atoms with Gasteiger partial charge >= 0.3 is 12.0 Å². The minimum Gasteiger partial charge on any atom is -0.463 e. The molecule has 3 N–H and O–H groups in total. The topological polar surface area (TPSA) is 128 Å². The first-order chi connectivity index (χ1) is 10.9. The fourth-order valence-electron chi connectivity index (χ4n) is 2.30. The number of hydrazine groups is 1. The summed E-state index contributed by atoms with van der Waals surface area (Å²) in [5.41, 5.74) is 0.606. The van der Waals surface area contributed by atoms with Crippen molar-refractivity contribution in [1.29, 1.82) is 0 Å². The third kappa shape index (κ3) is 3.14. The molecule has 1 heterocycles. The molecule has 2 amide bonds. The number of nitro groups is 1. The van der Waals surface area contributed by atoms with Crippen LogP contribution in [0, 0.1) is 10.1 Å². The zero-order valence-electron chi connectivity index (χ0n) is 12.6. The van der Waals surface area contributed by atoms with Gasteiger partial charge in [0.2, 0.25) is 0 Å². The number of esters is 1. The predicted octanol–water partition coefficient (Wildman–Crippen LogP) is 1.37. The first-order valence-corrected chi connectivity index (χ1v) is 6.84. The smallest absolute Gasteiger partial charge is 0.338 e. The van der Waals surface area contributed by atoms with E-state index in [1.807, 2.05) is 0 Å². The number of non-ortho nitro benzene ring substituents is 1. The number of amides is 2. The number of rotatable bonds is 4. The number of ether oxygens (including phenoxy) is 1. The van der Waals surface area contributed by atoms with E-state index in [9.17, 15) is 19.7 Å². The van der Waals surface area contributed by atoms with Crippen molar-refractivity contribution in [3.8, 4) is 0 Å². The summed E-state index contributed by atoms with van der Waals surface area (Å²) in [5, 5.41) is 14.3. The van der Waals surface area contributed by atoms with E-state index in [1.54, 1.807) is 13.0 Å². The maximum atomic E-state index is 12.2. The van der Waals surface area contributed by atoms with Crippen molar-refractivity contribution in [3.63, 3.8) is 0 Å². The van der Waals surface area contributed by atoms with Gasteiger partial charge in [0.05, 0.1) is 23.1 Å². The highest BCUT2D eigenvalue weighted by Gasteiger charge is 2.35. The van der Waals surface area contributed by atoms with Gasteiger partial charge in [-0.3, -0.25) is 10.1 Å². The van der Waals surface area contributed by atoms with Gasteiger partial charge in [-0.2, -0.15) is 0 Å². The Hall–Kier alpha value is -2.94. The lowest BCUT2D eigenvalue weighted by molar-refractivity contribution is -0.384. The Balaban J connectivity index is 2.53. The second-order valence-electron chi connectivity index (χ2n) is 4.82. The molecule has 122 valence electrons. The molecule has 0 radical (unpaired) electrons. The molecule has 23 heavy (non-hydrogen) atoms. The lowest BCUT2D eigenvalue weighted by Crippen LogP contribution is -2.51. The molecule has 0 bridgehead atoms. The quantitative estimate of drug-likeness (QED) is 0.283. The third-order valence-electron chi connectivity index (χ3n) is 3.44. The lowest BCUT2D eigenvalue weighted by atomic mass is 9.95. The molecule has 0 saturated carbocycles. The van der Waals surface area contributed by atoms with Gasteiger partial charge in [0.15, 0.2) is 0 Å². The van der Waals surface area contributed by atoms with E-state index in [-0.39, 0.29) is 23.6 Å². The number of benzene rings is 1. The van der Waals surface area contributed by atoms with Gasteiger partial charge in [0.25, 0.3) is 5.69 Å². The van der Waals surface area contributed by atoms with E-state index in [0.29, 0.717) is 5.56 Å². The number of urea groups is 1. The maximum absolute atomic E-state index is 12.2. The summed E-state index contributed by atoms with van der Waals surface area (Å²) in [6, 6.07) is 4.19. The van der Waals surface area contributed by atoms with Crippen LogP contribution in [0.15, 0.2) is 35.5 Å². The Labute approximate surface area is 131 Å². The Morgan fingerprint density at radius 1 is 1.52 bits per heavy atom. The van der Waals surface area contributed by atoms with Gasteiger partial charge in [0, 0.05) is 17.8 Å². The summed E-state index contributed by atoms with van der Waals surface area (Å²) < 4.78 is 5.00. The van der Waals surface area contributed by atoms with Crippen molar-refractivity contribution in [3.05, 3.63) is 51.2 Å². The summed E-state index contributed by atoms with van der Waals surface area (Å²) in [5.74, 6) is 4.97. The van der Waals surface area contributed by atoms with Gasteiger partial charge in [-0.05, 0) is 19.4 Å². The summed E-state index contributed by atoms with van der Waals surface area (Å²) in [6.45, 7) is 3.31. The normalized spacial score (nSPS) is 17.8. The molecule has 2 rings (SSSR count). The van der Waals surface area contributed by atoms with Crippen LogP contribution in [-0.2, 0) is 9.53 Å². The van der Waals surface area contributed by atoms with Crippen LogP contribution in [0.25, 0.3) is 0 Å². The molecule has 1 aliphatic rings. The summed E-state index contributed by atoms with van der Waals surface area (Å²) in [6.07, 6.45) is 0. The monoisotopic (exact) mass is 320 g/mol. The molecule has 0 spiro atoms. The zero-order chi connectivity index (χ0) is 17.1. The third-order valence-corrected chi connectivity index (χ3v) is 3.44. The molecule has 9 heteroatoms. The predicted molar refractivity (Wildman–Crippen MR) is 79.7 cm³/mol. The summed E-state index contributed by atoms with van der Waals surface area (Å²) >= 11 is 0. The number of nitro benzene ring substituents is 1. The van der Waals surface area contributed by atoms with Gasteiger partial charge in [0.1, 0.15) is 0 Å². The van der Waals surface area contributed by atoms with Gasteiger partial charge in [-0.15, -0.1) is 0 Å². The summed E-state index contributed by atoms with van der Waals surface area (Å²) in [7, 11) is 0. The van der Waals surface area contributed by atoms with Crippen molar-refractivity contribution >= 4 is 17.7 Å². The van der Waals surface area contributed by atoms with Crippen LogP contribution in [0.4, 0.5) is 10.5 Å². The Kier molecular flexibility index (Phi) is 4.60. The number of hydrogen-bond donors (Lipinski definition) is 2. The number of carbonyl (C=O) groups is 2. The SMILES string of the molecule is CCOC(=O)C1=C(C)N(N)C(=O)NC1c1cccc([N+](=O)[O-])c1. The largest absolute Gasteiger partial charge is 0.463 e. The second-order valence-corrected chi connectivity index (χ2v) is 4.82. The molecular formula is C14H16N4O5. The van der Waals surface area contributed by atoms with E-state index in [0.717, 1.165) is 5.01 Å². The number of nitrogens with zero attached hydrogens (tertiary/aromatic N) is 2. The molecule has 1 unspecified atom stereocenters. The van der Waals surface area contributed by atoms with Crippen LogP contribution >= 0.6 is 0 Å². The van der Waals surface area contributed by atoms with Crippen LogP contribution in [0.5, 0.6) is 0 Å². The molecule has 9 nitrogen and oxygen atoms in total. The molecule has 0 fully saturated rings. The van der Waals surface area contributed by atoms with Gasteiger partial charge in [-0.1, -0.05) is 12.1 Å². The van der Waals surface area contributed by atoms with Crippen molar-refractivity contribution in [1.82, 2.24) is 10.3 Å². The molecular weight excluding hydrogens is 304 g/mol. The van der Waals surface area contributed by atoms with Crippen LogP contribution in [0.2, 0.25) is 0 Å². The van der Waals surface area contributed by atoms with E-state index < -0.39 is 23.0 Å². The number of carbonyl (C=O) groups excluding carboxylic acids is 2. The average molecular weight is 320 g/mol. The van der Waals surface area contributed by atoms with E-state index in [1.165, 1.54) is 25.1 Å². The minimum absolute atomic E-state index is 0.134. The molecule has 0 aliphatic carbocycles. The van der Waals surface area contributed by atoms with Crippen LogP contribution in [0.1, 0.15) is 25.5 Å². The minimum atomic E-state index is -0.874. The average Bonchev–Trinajstić information content (AvgIpc) is 2.52. The Morgan fingerprint density at radius 2 is 2.22 bits per heavy atom. The number of nitrogens with one attached hydrogen (secondary N) is 1. The van der Waals surface area contributed by atoms with E-state index in [4.69, 9.17) is 10.6 Å². The van der Waals surface area contributed by atoms with Gasteiger partial charge in [-0.25, -0.2) is 20.4 Å². The maximum Gasteiger partial charge on any atom is 0.338 e. The van der Waals surface area contributed by atoms with Crippen LogP contribution in [0.3, 0.4) is 0 Å². The molecule has 1 aromatic rings. The first-order valence-electron chi connectivity index (χ1n) is 6.84. The number of allylic oxidation sites excluding steroid dienone is 1. The van der Waals surface area contributed by atoms with Crippen molar-refractivity contribution in [2.45, 2.75) is 19.9 Å². The van der Waals surface area contributed by atoms with Crippen molar-refractivity contribution in [2.24, 2.45) is 5.84 Å². The molecule has 0 saturated heterocycles. The molecule has 1 atom stereocenters. The highest BCUT2D eigenvalue weighted by molar-refractivity contribution is 5.94. The highest BCUT2D eigenvalue weighted by Crippen LogP contribution is 2.31. The molecule has 1 aliphatic heterocycles. The fourth-order valence-corrected chi connectivity index (χ4v) is 2.30. The fraction of sp³-hybridized carbons (Fsp3) is 0.286. The van der Waals surface area contributed by atoms with Crippen LogP contribution in [-0.4, -0.2) is 28.5 Å². The lowest BCUT2D eigenvalue weighted by Gasteiger charge is -2.32. The number of nitrogens with two attached hydrogens (primary N) is 1. The van der Waals surface area contributed by atoms with Gasteiger partial charge < -0.3 is 10.1 Å². The van der Waals surface area contributed by atoms with Crippen molar-refractivity contribution < 1.29 is 19.2 Å². The van der Waals surface area contributed by atoms with E-state index in [2.05, 4.69) is 5.32 Å². The first kappa shape index (κ1) is 16.4. The molecule has 0 aromatic heterocycles. The molecule has 1 aromatic carbocycles. The second kappa shape index (κ2) is 6.44. The Morgan fingerprint density at radius 3 is 2.83 bits per heavy atom.